The molecule has 0 saturated heterocycles. The molecule has 1 aromatic rings. The molecule has 7 heteroatoms. The third kappa shape index (κ3) is 6.58. The summed E-state index contributed by atoms with van der Waals surface area (Å²) in [5, 5.41) is 14.9. The molecule has 1 rings (SSSR count). The molecule has 0 radical (unpaired) electrons. The predicted molar refractivity (Wildman–Crippen MR) is 94.6 cm³/mol. The minimum atomic E-state index is -0.546. The van der Waals surface area contributed by atoms with Gasteiger partial charge in [-0.15, -0.1) is 0 Å². The number of hydrogen-bond donors (Lipinski definition) is 3. The van der Waals surface area contributed by atoms with Gasteiger partial charge in [-0.25, -0.2) is 4.39 Å². The van der Waals surface area contributed by atoms with Crippen molar-refractivity contribution < 1.29 is 19.1 Å². The number of nitrogens with one attached hydrogen (secondary N) is 2. The maximum Gasteiger partial charge on any atom is 0.270 e. The summed E-state index contributed by atoms with van der Waals surface area (Å²) in [6, 6.07) is 3.31. The number of allylic oxidation sites excluding steroid dienone is 2. The van der Waals surface area contributed by atoms with E-state index in [9.17, 15) is 19.1 Å². The highest BCUT2D eigenvalue weighted by molar-refractivity contribution is 5.94. The molecule has 0 unspecified atom stereocenters. The highest BCUT2D eigenvalue weighted by atomic mass is 19.1. The van der Waals surface area contributed by atoms with Crippen LogP contribution in [0.2, 0.25) is 0 Å². The molecule has 0 aliphatic rings. The molecule has 3 N–H and O–H groups in total. The van der Waals surface area contributed by atoms with Crippen molar-refractivity contribution in [3.05, 3.63) is 53.1 Å². The van der Waals surface area contributed by atoms with Crippen molar-refractivity contribution in [1.29, 1.82) is 0 Å². The van der Waals surface area contributed by atoms with Crippen molar-refractivity contribution in [2.75, 3.05) is 0 Å². The van der Waals surface area contributed by atoms with Gasteiger partial charge in [0.2, 0.25) is 5.91 Å². The van der Waals surface area contributed by atoms with Gasteiger partial charge in [-0.2, -0.15) is 0 Å². The second-order valence-electron chi connectivity index (χ2n) is 5.56. The van der Waals surface area contributed by atoms with Crippen LogP contribution in [0, 0.1) is 5.82 Å². The van der Waals surface area contributed by atoms with Crippen LogP contribution in [0.15, 0.2) is 46.7 Å². The number of aromatic hydroxyl groups is 1. The fraction of sp³-hybridized carbons (Fsp3) is 0.278. The molecular weight excluding hydrogens is 325 g/mol. The van der Waals surface area contributed by atoms with Gasteiger partial charge in [-0.3, -0.25) is 14.6 Å². The van der Waals surface area contributed by atoms with Gasteiger partial charge in [0, 0.05) is 17.3 Å². The number of nitrogens with zero attached hydrogens (tertiary/aromatic N) is 1. The highest BCUT2D eigenvalue weighted by Crippen LogP contribution is 2.18. The molecule has 1 aromatic carbocycles. The number of amides is 2. The zero-order valence-electron chi connectivity index (χ0n) is 14.5. The summed E-state index contributed by atoms with van der Waals surface area (Å²) in [7, 11) is 0. The average Bonchev–Trinajstić information content (AvgIpc) is 2.53. The van der Waals surface area contributed by atoms with Crippen LogP contribution in [0.5, 0.6) is 5.75 Å². The lowest BCUT2D eigenvalue weighted by Crippen LogP contribution is -2.31. The van der Waals surface area contributed by atoms with Gasteiger partial charge in [0.25, 0.3) is 5.91 Å². The van der Waals surface area contributed by atoms with E-state index < -0.39 is 17.6 Å². The van der Waals surface area contributed by atoms with Crippen molar-refractivity contribution in [3.8, 4) is 5.75 Å². The molecular formula is C18H22FN3O3. The molecule has 134 valence electrons. The molecule has 0 spiro atoms. The zero-order chi connectivity index (χ0) is 19.0. The zero-order valence-corrected chi connectivity index (χ0v) is 14.5. The number of hydrogen-bond acceptors (Lipinski definition) is 4. The van der Waals surface area contributed by atoms with Gasteiger partial charge < -0.3 is 15.7 Å². The molecule has 0 aliphatic heterocycles. The van der Waals surface area contributed by atoms with Crippen LogP contribution in [-0.4, -0.2) is 29.7 Å². The van der Waals surface area contributed by atoms with Crippen LogP contribution < -0.4 is 10.6 Å². The molecule has 0 aromatic heterocycles. The van der Waals surface area contributed by atoms with E-state index in [-0.39, 0.29) is 29.5 Å². The maximum absolute atomic E-state index is 13.2. The number of phenols is 1. The fourth-order valence-electron chi connectivity index (χ4n) is 1.93. The monoisotopic (exact) mass is 347 g/mol. The average molecular weight is 347 g/mol. The Kier molecular flexibility index (Phi) is 7.52. The number of rotatable bonds is 7. The molecule has 0 atom stereocenters. The highest BCUT2D eigenvalue weighted by Gasteiger charge is 2.12. The second kappa shape index (κ2) is 9.36. The standard InChI is InChI=1S/C18H22FN3O3/c1-5-14(10-15(20-4)18(25)21-11(2)3)22-17(24)9-12-8-13(19)6-7-16(12)23/h5-8,10-11,23H,4,9H2,1-3H3,(H,21,25)(H,22,24)/b14-5+,15-10-. The first-order valence-corrected chi connectivity index (χ1v) is 7.69. The van der Waals surface area contributed by atoms with E-state index in [1.165, 1.54) is 12.1 Å². The summed E-state index contributed by atoms with van der Waals surface area (Å²) in [6.45, 7) is 8.64. The quantitative estimate of drug-likeness (QED) is 0.401. The predicted octanol–water partition coefficient (Wildman–Crippen LogP) is 2.20. The van der Waals surface area contributed by atoms with E-state index in [0.29, 0.717) is 5.70 Å². The summed E-state index contributed by atoms with van der Waals surface area (Å²) in [5.41, 5.74) is 0.550. The van der Waals surface area contributed by atoms with Gasteiger partial charge in [-0.05, 0) is 51.8 Å². The van der Waals surface area contributed by atoms with Crippen LogP contribution in [0.3, 0.4) is 0 Å². The number of halogens is 1. The first kappa shape index (κ1) is 20.1. The molecule has 25 heavy (non-hydrogen) atoms. The fourth-order valence-corrected chi connectivity index (χ4v) is 1.93. The lowest BCUT2D eigenvalue weighted by Gasteiger charge is -2.10. The Hall–Kier alpha value is -2.96. The van der Waals surface area contributed by atoms with Crippen molar-refractivity contribution in [1.82, 2.24) is 10.6 Å². The lowest BCUT2D eigenvalue weighted by atomic mass is 10.1. The summed E-state index contributed by atoms with van der Waals surface area (Å²) in [5.74, 6) is -1.60. The van der Waals surface area contributed by atoms with Crippen LogP contribution in [0.4, 0.5) is 4.39 Å². The normalized spacial score (nSPS) is 12.0. The number of carbonyl (C=O) groups is 2. The summed E-state index contributed by atoms with van der Waals surface area (Å²) < 4.78 is 13.2. The Labute approximate surface area is 146 Å². The molecule has 0 saturated carbocycles. The number of phenolic OH excluding ortho intramolecular Hbond substituents is 1. The van der Waals surface area contributed by atoms with Crippen molar-refractivity contribution in [2.24, 2.45) is 4.99 Å². The first-order chi connectivity index (χ1) is 11.8. The molecule has 0 aliphatic carbocycles. The van der Waals surface area contributed by atoms with Crippen LogP contribution >= 0.6 is 0 Å². The Morgan fingerprint density at radius 3 is 2.64 bits per heavy atom. The van der Waals surface area contributed by atoms with Crippen LogP contribution in [-0.2, 0) is 16.0 Å². The summed E-state index contributed by atoms with van der Waals surface area (Å²) in [6.07, 6.45) is 2.75. The van der Waals surface area contributed by atoms with Gasteiger partial charge in [0.05, 0.1) is 6.42 Å². The molecule has 0 heterocycles. The van der Waals surface area contributed by atoms with Crippen molar-refractivity contribution in [2.45, 2.75) is 33.2 Å². The number of carbonyl (C=O) groups excluding carboxylic acids is 2. The summed E-state index contributed by atoms with van der Waals surface area (Å²) >= 11 is 0. The Bertz CT molecular complexity index is 724. The van der Waals surface area contributed by atoms with Crippen LogP contribution in [0.25, 0.3) is 0 Å². The molecule has 6 nitrogen and oxygen atoms in total. The van der Waals surface area contributed by atoms with E-state index in [4.69, 9.17) is 0 Å². The van der Waals surface area contributed by atoms with Gasteiger partial charge >= 0.3 is 0 Å². The van der Waals surface area contributed by atoms with E-state index in [1.807, 2.05) is 13.8 Å². The first-order valence-electron chi connectivity index (χ1n) is 7.69. The Balaban J connectivity index is 2.85. The number of benzene rings is 1. The third-order valence-electron chi connectivity index (χ3n) is 3.10. The largest absolute Gasteiger partial charge is 0.508 e. The minimum Gasteiger partial charge on any atom is -0.508 e. The van der Waals surface area contributed by atoms with E-state index >= 15 is 0 Å². The molecule has 0 fully saturated rings. The van der Waals surface area contributed by atoms with E-state index in [2.05, 4.69) is 22.3 Å². The second-order valence-corrected chi connectivity index (χ2v) is 5.56. The molecule has 2 amide bonds. The van der Waals surface area contributed by atoms with Gasteiger partial charge in [0.15, 0.2) is 0 Å². The summed E-state index contributed by atoms with van der Waals surface area (Å²) in [4.78, 5) is 27.7. The smallest absolute Gasteiger partial charge is 0.270 e. The topological polar surface area (TPSA) is 90.8 Å². The Morgan fingerprint density at radius 1 is 1.40 bits per heavy atom. The van der Waals surface area contributed by atoms with Gasteiger partial charge in [0.1, 0.15) is 17.3 Å². The Morgan fingerprint density at radius 2 is 2.08 bits per heavy atom. The lowest BCUT2D eigenvalue weighted by molar-refractivity contribution is -0.120. The SMILES string of the molecule is C=N/C(=C\C(=C/C)NC(=O)Cc1cc(F)ccc1O)C(=O)NC(C)C. The number of aliphatic imine (C=N–C) groups is 1. The molecule has 0 bridgehead atoms. The van der Waals surface area contributed by atoms with Gasteiger partial charge in [-0.1, -0.05) is 6.08 Å². The van der Waals surface area contributed by atoms with Crippen molar-refractivity contribution in [3.63, 3.8) is 0 Å². The minimum absolute atomic E-state index is 0.0516. The van der Waals surface area contributed by atoms with Crippen molar-refractivity contribution >= 4 is 18.5 Å². The maximum atomic E-state index is 13.2. The van der Waals surface area contributed by atoms with Crippen LogP contribution in [0.1, 0.15) is 26.3 Å². The van der Waals surface area contributed by atoms with E-state index in [0.717, 1.165) is 12.1 Å². The third-order valence-corrected chi connectivity index (χ3v) is 3.10. The van der Waals surface area contributed by atoms with E-state index in [1.54, 1.807) is 13.0 Å².